The summed E-state index contributed by atoms with van der Waals surface area (Å²) in [6.07, 6.45) is 10.4. The highest BCUT2D eigenvalue weighted by molar-refractivity contribution is 7.17. The molecule has 4 saturated heterocycles. The van der Waals surface area contributed by atoms with Crippen LogP contribution < -0.4 is 30.2 Å². The number of hydrogen-bond donors (Lipinski definition) is 4. The standard InChI is InChI=1S/C34H34FN9O2S.C29H27FN8S.C4H9NO/c1-3-27-32(40(2)33-39-31(28(18-36)47-33)22-4-8-25(35)9-5-22)44-20-24(7-11-30(44)38-27)23-6-10-29(37-19-23)41-14-16-42(17-15-41)34(46)43-13-12-26(45)21-43;1-3-23-28(36(2)29-35-27(24(16-31)39-29)19-4-8-22(30)9-5-19)38-18-21(7-11-26(38)34-23)20-6-10-25(33-17-20)37-14-12-32-13-15-37;6-4-1-2-5-3-4/h4-11,19-20,26,45H,3,12-17,21H2,1-2H3;4-11,17-18,32H,3,12-15H2,1-2H3;4-6H,1-3H2/t26-;;4-/m1.1/s1. The lowest BCUT2D eigenvalue weighted by atomic mass is 10.1. The third-order valence-electron chi connectivity index (χ3n) is 16.8. The highest BCUT2D eigenvalue weighted by Crippen LogP contribution is 2.40. The van der Waals surface area contributed by atoms with Crippen molar-refractivity contribution in [3.8, 4) is 56.9 Å². The summed E-state index contributed by atoms with van der Waals surface area (Å²) in [5.41, 5.74) is 9.90. The van der Waals surface area contributed by atoms with Crippen molar-refractivity contribution in [2.75, 3.05) is 112 Å². The molecule has 4 fully saturated rings. The van der Waals surface area contributed by atoms with Gasteiger partial charge in [-0.1, -0.05) is 36.5 Å². The Kier molecular flexibility index (Phi) is 19.1. The van der Waals surface area contributed by atoms with Gasteiger partial charge in [0.15, 0.2) is 10.3 Å². The number of pyridine rings is 4. The molecule has 14 rings (SSSR count). The second kappa shape index (κ2) is 28.0. The number of amides is 2. The van der Waals surface area contributed by atoms with Gasteiger partial charge in [0.05, 0.1) is 23.6 Å². The smallest absolute Gasteiger partial charge is 0.320 e. The molecule has 0 spiro atoms. The van der Waals surface area contributed by atoms with Crippen molar-refractivity contribution >= 4 is 73.5 Å². The summed E-state index contributed by atoms with van der Waals surface area (Å²) in [5, 5.41) is 45.8. The fourth-order valence-electron chi connectivity index (χ4n) is 11.8. The number of hydrogen-bond acceptors (Lipinski definition) is 19. The van der Waals surface area contributed by atoms with Gasteiger partial charge >= 0.3 is 6.03 Å². The Balaban J connectivity index is 0.000000165. The van der Waals surface area contributed by atoms with E-state index in [0.29, 0.717) is 94.6 Å². The summed E-state index contributed by atoms with van der Waals surface area (Å²) in [7, 11) is 3.86. The second-order valence-corrected chi connectivity index (χ2v) is 24.8. The summed E-state index contributed by atoms with van der Waals surface area (Å²) < 4.78 is 31.2. The van der Waals surface area contributed by atoms with Gasteiger partial charge in [0, 0.05) is 144 Å². The van der Waals surface area contributed by atoms with Crippen molar-refractivity contribution in [3.05, 3.63) is 155 Å². The minimum Gasteiger partial charge on any atom is -0.392 e. The minimum atomic E-state index is -0.420. The number of carbonyl (C=O) groups excluding carboxylic acids is 1. The van der Waals surface area contributed by atoms with E-state index in [2.05, 4.69) is 81.3 Å². The first-order valence-corrected chi connectivity index (χ1v) is 32.5. The average molecular weight is 1280 g/mol. The third-order valence-corrected chi connectivity index (χ3v) is 18.9. The van der Waals surface area contributed by atoms with Gasteiger partial charge in [0.25, 0.3) is 0 Å². The molecule has 92 heavy (non-hydrogen) atoms. The number of β-amino-alcohol motifs (C(OH)–C–C–N with tert-alkyl or cyclic N) is 2. The van der Waals surface area contributed by atoms with Gasteiger partial charge in [-0.25, -0.2) is 43.5 Å². The van der Waals surface area contributed by atoms with Crippen LogP contribution in [-0.2, 0) is 12.8 Å². The van der Waals surface area contributed by atoms with Crippen LogP contribution in [0.2, 0.25) is 0 Å². The molecule has 472 valence electrons. The van der Waals surface area contributed by atoms with Crippen LogP contribution >= 0.6 is 22.7 Å². The topological polar surface area (TPSA) is 235 Å². The molecule has 4 aliphatic rings. The van der Waals surface area contributed by atoms with Gasteiger partial charge in [-0.3, -0.25) is 8.80 Å². The third kappa shape index (κ3) is 13.5. The average Bonchev–Trinajstić information content (AvgIpc) is 1.68. The summed E-state index contributed by atoms with van der Waals surface area (Å²) in [5.74, 6) is 2.94. The Morgan fingerprint density at radius 1 is 0.565 bits per heavy atom. The number of nitrogens with one attached hydrogen (secondary N) is 2. The number of piperazine rings is 2. The van der Waals surface area contributed by atoms with Crippen molar-refractivity contribution < 1.29 is 23.8 Å². The molecule has 2 aromatic carbocycles. The highest BCUT2D eigenvalue weighted by Gasteiger charge is 2.31. The maximum absolute atomic E-state index is 13.6. The van der Waals surface area contributed by atoms with Crippen molar-refractivity contribution in [1.82, 2.24) is 59.1 Å². The van der Waals surface area contributed by atoms with Crippen LogP contribution in [0.1, 0.15) is 47.8 Å². The van der Waals surface area contributed by atoms with Crippen LogP contribution in [0.4, 0.5) is 47.1 Å². The Labute approximate surface area is 539 Å². The zero-order chi connectivity index (χ0) is 64.0. The molecule has 0 unspecified atom stereocenters. The fourth-order valence-corrected chi connectivity index (χ4v) is 13.5. The molecular formula is C67H70F2N18O3S2. The lowest BCUT2D eigenvalue weighted by Gasteiger charge is -2.37. The van der Waals surface area contributed by atoms with Crippen molar-refractivity contribution in [3.63, 3.8) is 0 Å². The van der Waals surface area contributed by atoms with E-state index in [0.717, 1.165) is 120 Å². The Morgan fingerprint density at radius 2 is 1.03 bits per heavy atom. The second-order valence-electron chi connectivity index (χ2n) is 22.8. The predicted octanol–water partition coefficient (Wildman–Crippen LogP) is 9.78. The highest BCUT2D eigenvalue weighted by atomic mass is 32.1. The van der Waals surface area contributed by atoms with E-state index in [1.54, 1.807) is 29.2 Å². The molecular weight excluding hydrogens is 1210 g/mol. The lowest BCUT2D eigenvalue weighted by Crippen LogP contribution is -2.52. The molecule has 25 heteroatoms. The number of carbonyl (C=O) groups is 1. The van der Waals surface area contributed by atoms with E-state index >= 15 is 0 Å². The maximum Gasteiger partial charge on any atom is 0.320 e. The molecule has 0 aliphatic carbocycles. The monoisotopic (exact) mass is 1280 g/mol. The van der Waals surface area contributed by atoms with Crippen LogP contribution in [0.3, 0.4) is 0 Å². The van der Waals surface area contributed by atoms with E-state index in [4.69, 9.17) is 35.0 Å². The van der Waals surface area contributed by atoms with Gasteiger partial charge in [-0.15, -0.1) is 0 Å². The normalized spacial score (nSPS) is 16.5. The number of aryl methyl sites for hydroxylation is 2. The number of fused-ring (bicyclic) bond motifs is 2. The number of benzene rings is 2. The largest absolute Gasteiger partial charge is 0.392 e. The fraction of sp³-hybridized carbons (Fsp3) is 0.328. The summed E-state index contributed by atoms with van der Waals surface area (Å²) in [4.78, 5) is 54.6. The van der Waals surface area contributed by atoms with Crippen LogP contribution in [0, 0.1) is 34.3 Å². The molecule has 10 aromatic rings. The molecule has 21 nitrogen and oxygen atoms in total. The number of rotatable bonds is 12. The number of halogens is 2. The van der Waals surface area contributed by atoms with Crippen LogP contribution in [0.25, 0.3) is 56.1 Å². The van der Waals surface area contributed by atoms with E-state index in [1.807, 2.05) is 76.1 Å². The van der Waals surface area contributed by atoms with E-state index in [-0.39, 0.29) is 23.8 Å². The molecule has 12 heterocycles. The maximum atomic E-state index is 13.6. The number of nitriles is 2. The number of thiazole rings is 2. The first kappa shape index (κ1) is 62.7. The van der Waals surface area contributed by atoms with Gasteiger partial charge in [0.2, 0.25) is 0 Å². The van der Waals surface area contributed by atoms with E-state index in [1.165, 1.54) is 46.9 Å². The molecule has 4 N–H and O–H groups in total. The Bertz CT molecular complexity index is 4300. The predicted molar refractivity (Wildman–Crippen MR) is 356 cm³/mol. The molecule has 4 aliphatic heterocycles. The lowest BCUT2D eigenvalue weighted by molar-refractivity contribution is 0.144. The number of urea groups is 1. The van der Waals surface area contributed by atoms with Gasteiger partial charge < -0.3 is 50.2 Å². The molecule has 0 radical (unpaired) electrons. The zero-order valence-electron chi connectivity index (χ0n) is 51.5. The summed E-state index contributed by atoms with van der Waals surface area (Å²) >= 11 is 2.59. The Hall–Kier alpha value is -9.47. The Morgan fingerprint density at radius 3 is 1.42 bits per heavy atom. The summed E-state index contributed by atoms with van der Waals surface area (Å²) in [6, 6.07) is 32.9. The molecule has 0 saturated carbocycles. The number of likely N-dealkylation sites (tertiary alicyclic amines) is 1. The van der Waals surface area contributed by atoms with Gasteiger partial charge in [-0.05, 0) is 129 Å². The SMILES string of the molecule is CCc1nc2ccc(-c3ccc(N4CCN(C(=O)N5CC[C@@H](O)C5)CC4)nc3)cn2c1N(C)c1nc(-c2ccc(F)cc2)c(C#N)s1.CCc1nc2ccc(-c3ccc(N4CCNCC4)nc3)cn2c1N(C)c1nc(-c2ccc(F)cc2)c(C#N)s1.O[C@@H]1CCNC1. The van der Waals surface area contributed by atoms with Gasteiger partial charge in [0.1, 0.15) is 79.5 Å². The van der Waals surface area contributed by atoms with Gasteiger partial charge in [-0.2, -0.15) is 10.5 Å². The molecule has 2 amide bonds. The minimum absolute atomic E-state index is 0.00401. The van der Waals surface area contributed by atoms with Crippen molar-refractivity contribution in [2.24, 2.45) is 0 Å². The number of imidazole rings is 2. The van der Waals surface area contributed by atoms with Crippen LogP contribution in [-0.4, -0.2) is 170 Å². The van der Waals surface area contributed by atoms with Crippen LogP contribution in [0.5, 0.6) is 0 Å². The van der Waals surface area contributed by atoms with Crippen molar-refractivity contribution in [1.29, 1.82) is 10.5 Å². The van der Waals surface area contributed by atoms with E-state index in [9.17, 15) is 29.2 Å². The molecule has 8 aromatic heterocycles. The van der Waals surface area contributed by atoms with Crippen LogP contribution in [0.15, 0.2) is 122 Å². The number of aromatic nitrogens is 8. The zero-order valence-corrected chi connectivity index (χ0v) is 53.2. The van der Waals surface area contributed by atoms with Crippen molar-refractivity contribution in [2.45, 2.75) is 51.7 Å². The van der Waals surface area contributed by atoms with E-state index < -0.39 is 6.10 Å². The summed E-state index contributed by atoms with van der Waals surface area (Å²) in [6.45, 7) is 13.4. The number of aliphatic hydroxyl groups is 2. The molecule has 0 bridgehead atoms. The number of nitrogens with zero attached hydrogens (tertiary/aromatic N) is 16. The quantitative estimate of drug-likeness (QED) is 0.0891. The number of anilines is 6. The molecule has 2 atom stereocenters. The first-order valence-electron chi connectivity index (χ1n) is 30.8. The number of aliphatic hydroxyl groups excluding tert-OH is 2. The first-order chi connectivity index (χ1) is 44.8.